The van der Waals surface area contributed by atoms with Crippen LogP contribution < -0.4 is 5.32 Å². The molecule has 102 valence electrons. The van der Waals surface area contributed by atoms with Gasteiger partial charge in [0.25, 0.3) is 0 Å². The molecule has 0 aromatic rings. The summed E-state index contributed by atoms with van der Waals surface area (Å²) in [5.41, 5.74) is 0. The molecule has 3 atom stereocenters. The molecule has 0 saturated heterocycles. The monoisotopic (exact) mass is 241 g/mol. The van der Waals surface area contributed by atoms with E-state index in [1.54, 1.807) is 0 Å². The summed E-state index contributed by atoms with van der Waals surface area (Å²) in [6.45, 7) is 12.1. The van der Waals surface area contributed by atoms with E-state index in [0.717, 1.165) is 44.1 Å². The molecule has 1 rings (SSSR count). The Morgan fingerprint density at radius 2 is 2.00 bits per heavy atom. The smallest absolute Gasteiger partial charge is 0.0489 e. The van der Waals surface area contributed by atoms with E-state index < -0.39 is 0 Å². The summed E-state index contributed by atoms with van der Waals surface area (Å²) in [4.78, 5) is 0. The van der Waals surface area contributed by atoms with Gasteiger partial charge in [-0.25, -0.2) is 0 Å². The van der Waals surface area contributed by atoms with Crippen molar-refractivity contribution in [3.8, 4) is 0 Å². The normalized spacial score (nSPS) is 29.8. The third-order valence-corrected chi connectivity index (χ3v) is 4.03. The molecule has 0 aromatic carbocycles. The summed E-state index contributed by atoms with van der Waals surface area (Å²) in [6, 6.07) is 0.740. The Labute approximate surface area is 108 Å². The maximum atomic E-state index is 5.59. The van der Waals surface area contributed by atoms with Crippen molar-refractivity contribution in [3.05, 3.63) is 0 Å². The Morgan fingerprint density at radius 3 is 2.71 bits per heavy atom. The van der Waals surface area contributed by atoms with Crippen LogP contribution in [0.2, 0.25) is 0 Å². The first-order valence-electron chi connectivity index (χ1n) is 7.42. The van der Waals surface area contributed by atoms with Crippen LogP contribution >= 0.6 is 0 Å². The van der Waals surface area contributed by atoms with Crippen LogP contribution in [-0.4, -0.2) is 25.8 Å². The maximum absolute atomic E-state index is 5.59. The Balaban J connectivity index is 2.02. The molecule has 0 amide bonds. The fraction of sp³-hybridized carbons (Fsp3) is 1.00. The zero-order valence-corrected chi connectivity index (χ0v) is 12.2. The Morgan fingerprint density at radius 1 is 1.24 bits per heavy atom. The quantitative estimate of drug-likeness (QED) is 0.689. The predicted molar refractivity (Wildman–Crippen MR) is 74.2 cm³/mol. The fourth-order valence-corrected chi connectivity index (χ4v) is 2.65. The highest BCUT2D eigenvalue weighted by atomic mass is 16.5. The molecule has 0 radical (unpaired) electrons. The second-order valence-electron chi connectivity index (χ2n) is 6.15. The van der Waals surface area contributed by atoms with Crippen LogP contribution in [0.1, 0.15) is 53.4 Å². The summed E-state index contributed by atoms with van der Waals surface area (Å²) in [7, 11) is 0. The van der Waals surface area contributed by atoms with E-state index in [1.807, 2.05) is 0 Å². The molecule has 17 heavy (non-hydrogen) atoms. The Hall–Kier alpha value is -0.0800. The van der Waals surface area contributed by atoms with Gasteiger partial charge in [-0.15, -0.1) is 0 Å². The van der Waals surface area contributed by atoms with Gasteiger partial charge in [0, 0.05) is 19.3 Å². The van der Waals surface area contributed by atoms with Crippen molar-refractivity contribution >= 4 is 0 Å². The van der Waals surface area contributed by atoms with Crippen molar-refractivity contribution in [1.29, 1.82) is 0 Å². The highest BCUT2D eigenvalue weighted by Gasteiger charge is 2.26. The summed E-state index contributed by atoms with van der Waals surface area (Å²) < 4.78 is 5.59. The minimum atomic E-state index is 0.655. The van der Waals surface area contributed by atoms with Crippen molar-refractivity contribution in [1.82, 2.24) is 5.32 Å². The van der Waals surface area contributed by atoms with Crippen LogP contribution in [0.5, 0.6) is 0 Å². The molecular formula is C15H31NO. The molecule has 3 unspecified atom stereocenters. The van der Waals surface area contributed by atoms with Gasteiger partial charge >= 0.3 is 0 Å². The summed E-state index contributed by atoms with van der Waals surface area (Å²) in [6.07, 6.45) is 5.31. The van der Waals surface area contributed by atoms with Crippen LogP contribution in [0.3, 0.4) is 0 Å². The summed E-state index contributed by atoms with van der Waals surface area (Å²) >= 11 is 0. The van der Waals surface area contributed by atoms with Crippen LogP contribution in [0.4, 0.5) is 0 Å². The van der Waals surface area contributed by atoms with Gasteiger partial charge < -0.3 is 10.1 Å². The van der Waals surface area contributed by atoms with Gasteiger partial charge in [0.05, 0.1) is 0 Å². The first-order valence-corrected chi connectivity index (χ1v) is 7.42. The summed E-state index contributed by atoms with van der Waals surface area (Å²) in [5, 5.41) is 3.71. The third kappa shape index (κ3) is 5.87. The van der Waals surface area contributed by atoms with Gasteiger partial charge in [0.2, 0.25) is 0 Å². The SMILES string of the molecule is CC(C)COCCCNC1CCCC(C)C1C. The van der Waals surface area contributed by atoms with Gasteiger partial charge in [0.1, 0.15) is 0 Å². The highest BCUT2D eigenvalue weighted by Crippen LogP contribution is 2.29. The van der Waals surface area contributed by atoms with E-state index in [9.17, 15) is 0 Å². The van der Waals surface area contributed by atoms with Crippen LogP contribution in [0.25, 0.3) is 0 Å². The van der Waals surface area contributed by atoms with Gasteiger partial charge in [-0.3, -0.25) is 0 Å². The van der Waals surface area contributed by atoms with Gasteiger partial charge in [-0.2, -0.15) is 0 Å². The molecule has 1 N–H and O–H groups in total. The van der Waals surface area contributed by atoms with Crippen LogP contribution in [-0.2, 0) is 4.74 Å². The number of ether oxygens (including phenoxy) is 1. The Bertz CT molecular complexity index is 193. The van der Waals surface area contributed by atoms with E-state index in [0.29, 0.717) is 5.92 Å². The third-order valence-electron chi connectivity index (χ3n) is 4.03. The number of hydrogen-bond acceptors (Lipinski definition) is 2. The minimum Gasteiger partial charge on any atom is -0.381 e. The number of rotatable bonds is 7. The second kappa shape index (κ2) is 8.10. The fourth-order valence-electron chi connectivity index (χ4n) is 2.65. The topological polar surface area (TPSA) is 21.3 Å². The van der Waals surface area contributed by atoms with E-state index in [1.165, 1.54) is 19.3 Å². The standard InChI is InChI=1S/C15H31NO/c1-12(2)11-17-10-6-9-16-15-8-5-7-13(3)14(15)4/h12-16H,5-11H2,1-4H3. The lowest BCUT2D eigenvalue weighted by atomic mass is 9.78. The van der Waals surface area contributed by atoms with E-state index >= 15 is 0 Å². The molecule has 0 aliphatic heterocycles. The lowest BCUT2D eigenvalue weighted by Gasteiger charge is -2.34. The molecule has 0 spiro atoms. The van der Waals surface area contributed by atoms with Crippen molar-refractivity contribution in [3.63, 3.8) is 0 Å². The predicted octanol–water partition coefficient (Wildman–Crippen LogP) is 3.46. The lowest BCUT2D eigenvalue weighted by molar-refractivity contribution is 0.105. The van der Waals surface area contributed by atoms with E-state index in [-0.39, 0.29) is 0 Å². The van der Waals surface area contributed by atoms with E-state index in [2.05, 4.69) is 33.0 Å². The molecule has 1 fully saturated rings. The van der Waals surface area contributed by atoms with Gasteiger partial charge in [0.15, 0.2) is 0 Å². The van der Waals surface area contributed by atoms with Crippen LogP contribution in [0.15, 0.2) is 0 Å². The minimum absolute atomic E-state index is 0.655. The number of hydrogen-bond donors (Lipinski definition) is 1. The first kappa shape index (κ1) is 15.0. The molecule has 1 aliphatic rings. The molecule has 2 nitrogen and oxygen atoms in total. The average molecular weight is 241 g/mol. The molecule has 0 aromatic heterocycles. The molecule has 1 saturated carbocycles. The molecule has 1 aliphatic carbocycles. The van der Waals surface area contributed by atoms with Crippen molar-refractivity contribution in [2.24, 2.45) is 17.8 Å². The summed E-state index contributed by atoms with van der Waals surface area (Å²) in [5.74, 6) is 2.38. The lowest BCUT2D eigenvalue weighted by Crippen LogP contribution is -2.41. The largest absolute Gasteiger partial charge is 0.381 e. The Kier molecular flexibility index (Phi) is 7.14. The molecule has 0 heterocycles. The van der Waals surface area contributed by atoms with Crippen molar-refractivity contribution in [2.45, 2.75) is 59.4 Å². The van der Waals surface area contributed by atoms with E-state index in [4.69, 9.17) is 4.74 Å². The number of nitrogens with one attached hydrogen (secondary N) is 1. The average Bonchev–Trinajstić information content (AvgIpc) is 2.28. The zero-order chi connectivity index (χ0) is 12.7. The highest BCUT2D eigenvalue weighted by molar-refractivity contribution is 4.81. The molecule has 2 heteroatoms. The van der Waals surface area contributed by atoms with Crippen LogP contribution in [0, 0.1) is 17.8 Å². The van der Waals surface area contributed by atoms with Crippen molar-refractivity contribution < 1.29 is 4.74 Å². The van der Waals surface area contributed by atoms with Crippen molar-refractivity contribution in [2.75, 3.05) is 19.8 Å². The molecule has 0 bridgehead atoms. The van der Waals surface area contributed by atoms with Gasteiger partial charge in [-0.05, 0) is 37.1 Å². The maximum Gasteiger partial charge on any atom is 0.0489 e. The first-order chi connectivity index (χ1) is 8.11. The zero-order valence-electron chi connectivity index (χ0n) is 12.2. The molecular weight excluding hydrogens is 210 g/mol. The second-order valence-corrected chi connectivity index (χ2v) is 6.15. The van der Waals surface area contributed by atoms with Gasteiger partial charge in [-0.1, -0.05) is 40.5 Å².